The van der Waals surface area contributed by atoms with Crippen molar-refractivity contribution in [2.45, 2.75) is 33.6 Å². The van der Waals surface area contributed by atoms with Gasteiger partial charge in [0.2, 0.25) is 0 Å². The summed E-state index contributed by atoms with van der Waals surface area (Å²) in [6.07, 6.45) is 2.24. The summed E-state index contributed by atoms with van der Waals surface area (Å²) in [5.74, 6) is 0.446. The summed E-state index contributed by atoms with van der Waals surface area (Å²) in [6.45, 7) is 7.76. The maximum absolute atomic E-state index is 12.6. The van der Waals surface area contributed by atoms with Gasteiger partial charge in [0.05, 0.1) is 0 Å². The molecule has 1 heterocycles. The molecule has 2 aromatic carbocycles. The highest BCUT2D eigenvalue weighted by Crippen LogP contribution is 2.21. The van der Waals surface area contributed by atoms with Crippen LogP contribution in [0, 0.1) is 19.8 Å². The van der Waals surface area contributed by atoms with Gasteiger partial charge in [0.15, 0.2) is 0 Å². The second kappa shape index (κ2) is 7.73. The van der Waals surface area contributed by atoms with Crippen LogP contribution in [0.2, 0.25) is 0 Å². The second-order valence-electron chi connectivity index (χ2n) is 7.30. The number of piperidine rings is 1. The molecule has 0 aliphatic carbocycles. The highest BCUT2D eigenvalue weighted by atomic mass is 16.2. The zero-order valence-corrected chi connectivity index (χ0v) is 15.7. The molecule has 26 heavy (non-hydrogen) atoms. The topological polar surface area (TPSA) is 49.4 Å². The van der Waals surface area contributed by atoms with Gasteiger partial charge >= 0.3 is 0 Å². The van der Waals surface area contributed by atoms with Crippen molar-refractivity contribution < 1.29 is 9.59 Å². The molecule has 0 aromatic heterocycles. The summed E-state index contributed by atoms with van der Waals surface area (Å²) in [4.78, 5) is 27.1. The Kier molecular flexibility index (Phi) is 5.40. The standard InChI is InChI=1S/C22H26N2O2/c1-15-6-5-13-24(14-15)22(26)19-11-9-18(10-12-19)21(25)23-20-16(2)7-4-8-17(20)3/h4,7-12,15H,5-6,13-14H2,1-3H3,(H,23,25). The monoisotopic (exact) mass is 350 g/mol. The fourth-order valence-electron chi connectivity index (χ4n) is 3.52. The Morgan fingerprint density at radius 1 is 1.00 bits per heavy atom. The molecule has 2 amide bonds. The van der Waals surface area contributed by atoms with Gasteiger partial charge in [-0.15, -0.1) is 0 Å². The van der Waals surface area contributed by atoms with Gasteiger partial charge in [0, 0.05) is 29.9 Å². The lowest BCUT2D eigenvalue weighted by atomic mass is 9.99. The zero-order chi connectivity index (χ0) is 18.7. The van der Waals surface area contributed by atoms with Crippen LogP contribution in [0.5, 0.6) is 0 Å². The number of likely N-dealkylation sites (tertiary alicyclic amines) is 1. The molecule has 0 radical (unpaired) electrons. The Morgan fingerprint density at radius 2 is 1.62 bits per heavy atom. The molecule has 1 fully saturated rings. The number of carbonyl (C=O) groups excluding carboxylic acids is 2. The maximum atomic E-state index is 12.6. The Hall–Kier alpha value is -2.62. The largest absolute Gasteiger partial charge is 0.338 e. The molecule has 1 aliphatic heterocycles. The number of benzene rings is 2. The SMILES string of the molecule is Cc1cccc(C)c1NC(=O)c1ccc(C(=O)N2CCCC(C)C2)cc1. The first-order chi connectivity index (χ1) is 12.5. The maximum Gasteiger partial charge on any atom is 0.255 e. The van der Waals surface area contributed by atoms with Crippen molar-refractivity contribution in [2.24, 2.45) is 5.92 Å². The number of aryl methyl sites for hydroxylation is 2. The predicted molar refractivity (Wildman–Crippen MR) is 105 cm³/mol. The van der Waals surface area contributed by atoms with Gasteiger partial charge in [-0.1, -0.05) is 25.1 Å². The molecule has 3 rings (SSSR count). The van der Waals surface area contributed by atoms with E-state index in [2.05, 4.69) is 12.2 Å². The zero-order valence-electron chi connectivity index (χ0n) is 15.7. The van der Waals surface area contributed by atoms with Gasteiger partial charge < -0.3 is 10.2 Å². The molecule has 1 N–H and O–H groups in total. The van der Waals surface area contributed by atoms with E-state index in [4.69, 9.17) is 0 Å². The van der Waals surface area contributed by atoms with Crippen LogP contribution in [0.4, 0.5) is 5.69 Å². The van der Waals surface area contributed by atoms with Crippen LogP contribution in [0.15, 0.2) is 42.5 Å². The van der Waals surface area contributed by atoms with Gasteiger partial charge in [-0.05, 0) is 68.0 Å². The summed E-state index contributed by atoms with van der Waals surface area (Å²) in [7, 11) is 0. The van der Waals surface area contributed by atoms with E-state index in [0.717, 1.165) is 36.3 Å². The van der Waals surface area contributed by atoms with Crippen molar-refractivity contribution in [1.82, 2.24) is 4.90 Å². The lowest BCUT2D eigenvalue weighted by Crippen LogP contribution is -2.39. The van der Waals surface area contributed by atoms with Gasteiger partial charge in [-0.3, -0.25) is 9.59 Å². The minimum Gasteiger partial charge on any atom is -0.338 e. The second-order valence-corrected chi connectivity index (χ2v) is 7.30. The minimum atomic E-state index is -0.159. The Balaban J connectivity index is 1.71. The number of rotatable bonds is 3. The van der Waals surface area contributed by atoms with Gasteiger partial charge in [-0.25, -0.2) is 0 Å². The Bertz CT molecular complexity index is 791. The first-order valence-electron chi connectivity index (χ1n) is 9.22. The lowest BCUT2D eigenvalue weighted by molar-refractivity contribution is 0.0682. The summed E-state index contributed by atoms with van der Waals surface area (Å²) in [5.41, 5.74) is 4.10. The molecular formula is C22H26N2O2. The first-order valence-corrected chi connectivity index (χ1v) is 9.22. The predicted octanol–water partition coefficient (Wildman–Crippen LogP) is 4.43. The van der Waals surface area contributed by atoms with E-state index in [1.54, 1.807) is 24.3 Å². The molecule has 2 aromatic rings. The van der Waals surface area contributed by atoms with Crippen LogP contribution in [-0.4, -0.2) is 29.8 Å². The molecular weight excluding hydrogens is 324 g/mol. The van der Waals surface area contributed by atoms with E-state index in [0.29, 0.717) is 17.0 Å². The average molecular weight is 350 g/mol. The summed E-state index contributed by atoms with van der Waals surface area (Å²) >= 11 is 0. The number of anilines is 1. The molecule has 0 bridgehead atoms. The molecule has 1 saturated heterocycles. The molecule has 1 unspecified atom stereocenters. The summed E-state index contributed by atoms with van der Waals surface area (Å²) in [6, 6.07) is 12.9. The first kappa shape index (κ1) is 18.2. The van der Waals surface area contributed by atoms with Crippen LogP contribution < -0.4 is 5.32 Å². The minimum absolute atomic E-state index is 0.0539. The van der Waals surface area contributed by atoms with Crippen LogP contribution in [-0.2, 0) is 0 Å². The number of para-hydroxylation sites is 1. The summed E-state index contributed by atoms with van der Waals surface area (Å²) < 4.78 is 0. The van der Waals surface area contributed by atoms with E-state index in [-0.39, 0.29) is 11.8 Å². The van der Waals surface area contributed by atoms with E-state index in [9.17, 15) is 9.59 Å². The molecule has 0 saturated carbocycles. The smallest absolute Gasteiger partial charge is 0.255 e. The quantitative estimate of drug-likeness (QED) is 0.890. The normalized spacial score (nSPS) is 17.0. The number of hydrogen-bond acceptors (Lipinski definition) is 2. The summed E-state index contributed by atoms with van der Waals surface area (Å²) in [5, 5.41) is 2.98. The molecule has 0 spiro atoms. The third-order valence-corrected chi connectivity index (χ3v) is 5.06. The molecule has 1 aliphatic rings. The lowest BCUT2D eigenvalue weighted by Gasteiger charge is -2.31. The van der Waals surface area contributed by atoms with Crippen molar-refractivity contribution in [1.29, 1.82) is 0 Å². The van der Waals surface area contributed by atoms with Crippen LogP contribution >= 0.6 is 0 Å². The van der Waals surface area contributed by atoms with Gasteiger partial charge in [0.25, 0.3) is 11.8 Å². The number of hydrogen-bond donors (Lipinski definition) is 1. The van der Waals surface area contributed by atoms with E-state index in [1.165, 1.54) is 6.42 Å². The molecule has 4 nitrogen and oxygen atoms in total. The highest BCUT2D eigenvalue weighted by Gasteiger charge is 2.22. The Morgan fingerprint density at radius 3 is 2.23 bits per heavy atom. The van der Waals surface area contributed by atoms with Crippen LogP contribution in [0.1, 0.15) is 51.6 Å². The van der Waals surface area contributed by atoms with Crippen LogP contribution in [0.3, 0.4) is 0 Å². The van der Waals surface area contributed by atoms with Crippen molar-refractivity contribution in [3.63, 3.8) is 0 Å². The van der Waals surface area contributed by atoms with Crippen molar-refractivity contribution in [3.8, 4) is 0 Å². The molecule has 1 atom stereocenters. The Labute approximate surface area is 155 Å². The molecule has 4 heteroatoms. The average Bonchev–Trinajstić information content (AvgIpc) is 2.64. The van der Waals surface area contributed by atoms with Crippen molar-refractivity contribution in [2.75, 3.05) is 18.4 Å². The fraction of sp³-hybridized carbons (Fsp3) is 0.364. The number of nitrogens with one attached hydrogen (secondary N) is 1. The number of amides is 2. The van der Waals surface area contributed by atoms with Gasteiger partial charge in [0.1, 0.15) is 0 Å². The molecule has 136 valence electrons. The number of nitrogens with zero attached hydrogens (tertiary/aromatic N) is 1. The van der Waals surface area contributed by atoms with E-state index in [1.807, 2.05) is 36.9 Å². The van der Waals surface area contributed by atoms with Gasteiger partial charge in [-0.2, -0.15) is 0 Å². The fourth-order valence-corrected chi connectivity index (χ4v) is 3.52. The van der Waals surface area contributed by atoms with E-state index >= 15 is 0 Å². The van der Waals surface area contributed by atoms with Crippen molar-refractivity contribution in [3.05, 3.63) is 64.7 Å². The van der Waals surface area contributed by atoms with Crippen LogP contribution in [0.25, 0.3) is 0 Å². The number of carbonyl (C=O) groups is 2. The van der Waals surface area contributed by atoms with E-state index < -0.39 is 0 Å². The highest BCUT2D eigenvalue weighted by molar-refractivity contribution is 6.05. The third kappa shape index (κ3) is 3.96. The van der Waals surface area contributed by atoms with Crippen molar-refractivity contribution >= 4 is 17.5 Å². The third-order valence-electron chi connectivity index (χ3n) is 5.06.